The summed E-state index contributed by atoms with van der Waals surface area (Å²) in [6.45, 7) is 4.08. The van der Waals surface area contributed by atoms with Gasteiger partial charge in [-0.15, -0.1) is 0 Å². The highest BCUT2D eigenvalue weighted by Gasteiger charge is 2.38. The monoisotopic (exact) mass is 468 g/mol. The van der Waals surface area contributed by atoms with E-state index in [1.807, 2.05) is 18.3 Å². The van der Waals surface area contributed by atoms with E-state index in [0.717, 1.165) is 63.0 Å². The second-order valence-corrected chi connectivity index (χ2v) is 9.54. The molecule has 9 heteroatoms. The number of piperidine rings is 1. The highest BCUT2D eigenvalue weighted by atomic mass is 16.5. The van der Waals surface area contributed by atoms with E-state index in [1.165, 1.54) is 26.2 Å². The fraction of sp³-hybridized carbons (Fsp3) is 0.640. The average molecular weight is 469 g/mol. The van der Waals surface area contributed by atoms with Crippen LogP contribution in [0.25, 0.3) is 0 Å². The van der Waals surface area contributed by atoms with Gasteiger partial charge in [0.15, 0.2) is 5.82 Å². The second-order valence-electron chi connectivity index (χ2n) is 9.54. The SMILES string of the molecule is CC(=O)NC1(c2noc(CCC(=O)NCc3ccc(N4CCCCC4)nc3)n2)CCCCCC1. The number of rotatable bonds is 8. The van der Waals surface area contributed by atoms with Crippen LogP contribution in [0.3, 0.4) is 0 Å². The normalized spacial score (nSPS) is 18.2. The second kappa shape index (κ2) is 11.4. The first-order valence-corrected chi connectivity index (χ1v) is 12.6. The van der Waals surface area contributed by atoms with Crippen LogP contribution in [0.1, 0.15) is 88.4 Å². The first kappa shape index (κ1) is 24.2. The Bertz CT molecular complexity index is 944. The number of carbonyl (C=O) groups is 2. The maximum atomic E-state index is 12.4. The van der Waals surface area contributed by atoms with Crippen LogP contribution >= 0.6 is 0 Å². The number of carbonyl (C=O) groups excluding carboxylic acids is 2. The molecule has 2 amide bonds. The largest absolute Gasteiger partial charge is 0.357 e. The number of nitrogens with zero attached hydrogens (tertiary/aromatic N) is 4. The zero-order chi connectivity index (χ0) is 23.8. The van der Waals surface area contributed by atoms with Crippen LogP contribution in [0.5, 0.6) is 0 Å². The van der Waals surface area contributed by atoms with Gasteiger partial charge in [-0.3, -0.25) is 9.59 Å². The Morgan fingerprint density at radius 3 is 2.47 bits per heavy atom. The maximum absolute atomic E-state index is 12.4. The van der Waals surface area contributed by atoms with E-state index in [1.54, 1.807) is 0 Å². The van der Waals surface area contributed by atoms with E-state index >= 15 is 0 Å². The van der Waals surface area contributed by atoms with E-state index in [-0.39, 0.29) is 18.2 Å². The number of pyridine rings is 1. The summed E-state index contributed by atoms with van der Waals surface area (Å²) < 4.78 is 5.44. The van der Waals surface area contributed by atoms with Crippen LogP contribution in [-0.2, 0) is 28.1 Å². The molecule has 1 saturated carbocycles. The van der Waals surface area contributed by atoms with Crippen molar-refractivity contribution in [2.24, 2.45) is 0 Å². The number of anilines is 1. The Balaban J connectivity index is 1.27. The number of hydrogen-bond donors (Lipinski definition) is 2. The minimum absolute atomic E-state index is 0.0779. The van der Waals surface area contributed by atoms with Crippen molar-refractivity contribution in [1.29, 1.82) is 0 Å². The van der Waals surface area contributed by atoms with E-state index in [9.17, 15) is 9.59 Å². The molecular weight excluding hydrogens is 432 g/mol. The molecule has 2 aromatic heterocycles. The van der Waals surface area contributed by atoms with Crippen molar-refractivity contribution in [3.63, 3.8) is 0 Å². The Kier molecular flexibility index (Phi) is 8.13. The first-order valence-electron chi connectivity index (χ1n) is 12.6. The van der Waals surface area contributed by atoms with Gasteiger partial charge in [-0.05, 0) is 43.7 Å². The zero-order valence-electron chi connectivity index (χ0n) is 20.1. The molecule has 3 heterocycles. The molecule has 2 aliphatic rings. The summed E-state index contributed by atoms with van der Waals surface area (Å²) in [7, 11) is 0. The van der Waals surface area contributed by atoms with Crippen LogP contribution in [0.15, 0.2) is 22.9 Å². The lowest BCUT2D eigenvalue weighted by molar-refractivity contribution is -0.122. The summed E-state index contributed by atoms with van der Waals surface area (Å²) >= 11 is 0. The fourth-order valence-corrected chi connectivity index (χ4v) is 4.97. The molecule has 1 aliphatic heterocycles. The van der Waals surface area contributed by atoms with Gasteiger partial charge in [-0.2, -0.15) is 4.98 Å². The molecule has 0 spiro atoms. The Labute approximate surface area is 201 Å². The topological polar surface area (TPSA) is 113 Å². The molecule has 2 aromatic rings. The van der Waals surface area contributed by atoms with Crippen LogP contribution in [0.4, 0.5) is 5.82 Å². The summed E-state index contributed by atoms with van der Waals surface area (Å²) in [5, 5.41) is 10.2. The van der Waals surface area contributed by atoms with Crippen LogP contribution < -0.4 is 15.5 Å². The summed E-state index contributed by atoms with van der Waals surface area (Å²) in [5.41, 5.74) is 0.402. The smallest absolute Gasteiger partial charge is 0.227 e. The van der Waals surface area contributed by atoms with Gasteiger partial charge in [-0.1, -0.05) is 36.9 Å². The molecule has 0 atom stereocenters. The predicted molar refractivity (Wildman–Crippen MR) is 128 cm³/mol. The minimum Gasteiger partial charge on any atom is -0.357 e. The van der Waals surface area contributed by atoms with Gasteiger partial charge in [0.25, 0.3) is 0 Å². The molecule has 184 valence electrons. The van der Waals surface area contributed by atoms with Gasteiger partial charge in [-0.25, -0.2) is 4.98 Å². The third kappa shape index (κ3) is 6.33. The molecule has 1 saturated heterocycles. The summed E-state index contributed by atoms with van der Waals surface area (Å²) in [6.07, 6.45) is 12.1. The molecule has 1 aliphatic carbocycles. The van der Waals surface area contributed by atoms with Crippen molar-refractivity contribution in [3.8, 4) is 0 Å². The molecule has 0 unspecified atom stereocenters. The van der Waals surface area contributed by atoms with E-state index in [0.29, 0.717) is 24.7 Å². The standard InChI is InChI=1S/C25H36N6O3/c1-19(32)29-25(13-5-2-3-6-14-25)24-28-23(34-30-24)12-11-22(33)27-18-20-9-10-21(26-17-20)31-15-7-4-8-16-31/h9-10,17H,2-8,11-16,18H2,1H3,(H,27,33)(H,29,32). The highest BCUT2D eigenvalue weighted by molar-refractivity contribution is 5.76. The van der Waals surface area contributed by atoms with Crippen molar-refractivity contribution in [2.45, 2.75) is 89.6 Å². The van der Waals surface area contributed by atoms with Crippen LogP contribution in [-0.4, -0.2) is 40.0 Å². The van der Waals surface area contributed by atoms with Gasteiger partial charge in [0.2, 0.25) is 17.7 Å². The number of hydrogen-bond acceptors (Lipinski definition) is 7. The quantitative estimate of drug-likeness (QED) is 0.571. The molecule has 0 bridgehead atoms. The van der Waals surface area contributed by atoms with Crippen molar-refractivity contribution in [2.75, 3.05) is 18.0 Å². The average Bonchev–Trinajstić information content (AvgIpc) is 3.22. The van der Waals surface area contributed by atoms with Crippen molar-refractivity contribution < 1.29 is 14.1 Å². The molecule has 9 nitrogen and oxygen atoms in total. The predicted octanol–water partition coefficient (Wildman–Crippen LogP) is 3.39. The molecule has 0 radical (unpaired) electrons. The fourth-order valence-electron chi connectivity index (χ4n) is 4.97. The Morgan fingerprint density at radius 2 is 1.79 bits per heavy atom. The molecule has 2 fully saturated rings. The number of aromatic nitrogens is 3. The maximum Gasteiger partial charge on any atom is 0.227 e. The summed E-state index contributed by atoms with van der Waals surface area (Å²) in [6, 6.07) is 4.06. The van der Waals surface area contributed by atoms with E-state index < -0.39 is 5.54 Å². The van der Waals surface area contributed by atoms with Gasteiger partial charge < -0.3 is 20.1 Å². The lowest BCUT2D eigenvalue weighted by Gasteiger charge is -2.30. The van der Waals surface area contributed by atoms with Gasteiger partial charge in [0.05, 0.1) is 0 Å². The molecule has 2 N–H and O–H groups in total. The molecule has 4 rings (SSSR count). The van der Waals surface area contributed by atoms with Gasteiger partial charge >= 0.3 is 0 Å². The minimum atomic E-state index is -0.570. The van der Waals surface area contributed by atoms with Crippen molar-refractivity contribution in [1.82, 2.24) is 25.8 Å². The van der Waals surface area contributed by atoms with E-state index in [4.69, 9.17) is 4.52 Å². The lowest BCUT2D eigenvalue weighted by atomic mass is 9.89. The Hall–Kier alpha value is -2.97. The number of nitrogens with one attached hydrogen (secondary N) is 2. The highest BCUT2D eigenvalue weighted by Crippen LogP contribution is 2.34. The molecular formula is C25H36N6O3. The first-order chi connectivity index (χ1) is 16.5. The lowest BCUT2D eigenvalue weighted by Crippen LogP contribution is -2.45. The van der Waals surface area contributed by atoms with Crippen molar-refractivity contribution >= 4 is 17.6 Å². The van der Waals surface area contributed by atoms with Gasteiger partial charge in [0.1, 0.15) is 11.4 Å². The van der Waals surface area contributed by atoms with Gasteiger partial charge in [0, 0.05) is 45.6 Å². The molecule has 34 heavy (non-hydrogen) atoms. The van der Waals surface area contributed by atoms with Crippen LogP contribution in [0, 0.1) is 0 Å². The Morgan fingerprint density at radius 1 is 1.06 bits per heavy atom. The number of aryl methyl sites for hydroxylation is 1. The summed E-state index contributed by atoms with van der Waals surface area (Å²) in [4.78, 5) is 35.7. The molecule has 0 aromatic carbocycles. The third-order valence-corrected chi connectivity index (χ3v) is 6.81. The summed E-state index contributed by atoms with van der Waals surface area (Å²) in [5.74, 6) is 1.79. The zero-order valence-corrected chi connectivity index (χ0v) is 20.1. The van der Waals surface area contributed by atoms with Crippen molar-refractivity contribution in [3.05, 3.63) is 35.6 Å². The third-order valence-electron chi connectivity index (χ3n) is 6.81. The number of amides is 2. The van der Waals surface area contributed by atoms with Crippen LogP contribution in [0.2, 0.25) is 0 Å². The van der Waals surface area contributed by atoms with E-state index in [2.05, 4.69) is 30.7 Å².